The minimum Gasteiger partial charge on any atom is -0.302 e. The molecule has 2 rings (SSSR count). The van der Waals surface area contributed by atoms with Crippen molar-refractivity contribution in [1.29, 1.82) is 0 Å². The van der Waals surface area contributed by atoms with Gasteiger partial charge < -0.3 is 4.79 Å². The van der Waals surface area contributed by atoms with Crippen LogP contribution in [0.4, 0.5) is 5.69 Å². The van der Waals surface area contributed by atoms with E-state index in [4.69, 9.17) is 0 Å². The van der Waals surface area contributed by atoms with E-state index >= 15 is 0 Å². The Kier molecular flexibility index (Phi) is 1.84. The van der Waals surface area contributed by atoms with E-state index in [2.05, 4.69) is 0 Å². The summed E-state index contributed by atoms with van der Waals surface area (Å²) in [7, 11) is 0. The van der Waals surface area contributed by atoms with Gasteiger partial charge in [0.05, 0.1) is 10.3 Å². The molecule has 4 heteroatoms. The number of nitro groups is 1. The fourth-order valence-corrected chi connectivity index (χ4v) is 1.52. The molecular weight excluding hydrogens is 182 g/mol. The van der Waals surface area contributed by atoms with Crippen LogP contribution in [0.25, 0.3) is 0 Å². The van der Waals surface area contributed by atoms with Crippen LogP contribution in [0.1, 0.15) is 18.4 Å². The molecule has 0 aliphatic heterocycles. The zero-order chi connectivity index (χ0) is 10.2. The van der Waals surface area contributed by atoms with Crippen molar-refractivity contribution in [1.82, 2.24) is 0 Å². The number of rotatable bonds is 3. The van der Waals surface area contributed by atoms with E-state index in [0.717, 1.165) is 24.7 Å². The van der Waals surface area contributed by atoms with E-state index in [1.165, 1.54) is 12.1 Å². The van der Waals surface area contributed by atoms with Crippen molar-refractivity contribution in [2.24, 2.45) is 0 Å². The third kappa shape index (κ3) is 1.28. The van der Waals surface area contributed by atoms with E-state index in [1.807, 2.05) is 0 Å². The van der Waals surface area contributed by atoms with Gasteiger partial charge in [-0.1, -0.05) is 12.1 Å². The topological polar surface area (TPSA) is 60.2 Å². The second-order valence-electron chi connectivity index (χ2n) is 3.58. The van der Waals surface area contributed by atoms with E-state index in [9.17, 15) is 14.9 Å². The number of aldehydes is 1. The fraction of sp³-hybridized carbons (Fsp3) is 0.300. The summed E-state index contributed by atoms with van der Waals surface area (Å²) in [4.78, 5) is 20.7. The highest BCUT2D eigenvalue weighted by Gasteiger charge is 2.44. The standard InChI is InChI=1S/C10H9NO3/c12-7-10(5-6-10)8-1-3-9(4-2-8)11(13)14/h1-4,7H,5-6H2. The highest BCUT2D eigenvalue weighted by Crippen LogP contribution is 2.46. The zero-order valence-corrected chi connectivity index (χ0v) is 7.47. The average molecular weight is 191 g/mol. The number of benzene rings is 1. The van der Waals surface area contributed by atoms with Crippen LogP contribution in [-0.2, 0) is 10.2 Å². The highest BCUT2D eigenvalue weighted by molar-refractivity contribution is 5.73. The van der Waals surface area contributed by atoms with Crippen LogP contribution in [0, 0.1) is 10.1 Å². The van der Waals surface area contributed by atoms with Gasteiger partial charge in [-0.05, 0) is 18.4 Å². The van der Waals surface area contributed by atoms with E-state index in [-0.39, 0.29) is 11.1 Å². The molecule has 0 heterocycles. The molecule has 0 bridgehead atoms. The molecule has 1 aliphatic rings. The molecule has 0 N–H and O–H groups in total. The van der Waals surface area contributed by atoms with Gasteiger partial charge in [-0.25, -0.2) is 0 Å². The number of hydrogen-bond donors (Lipinski definition) is 0. The van der Waals surface area contributed by atoms with Crippen LogP contribution in [0.5, 0.6) is 0 Å². The summed E-state index contributed by atoms with van der Waals surface area (Å²) < 4.78 is 0. The summed E-state index contributed by atoms with van der Waals surface area (Å²) in [5.74, 6) is 0. The molecule has 0 atom stereocenters. The predicted molar refractivity (Wildman–Crippen MR) is 50.1 cm³/mol. The molecule has 1 aromatic carbocycles. The molecule has 1 fully saturated rings. The Labute approximate surface area is 80.7 Å². The predicted octanol–water partition coefficient (Wildman–Crippen LogP) is 1.83. The van der Waals surface area contributed by atoms with Crippen LogP contribution in [-0.4, -0.2) is 11.2 Å². The quantitative estimate of drug-likeness (QED) is 0.416. The Morgan fingerprint density at radius 3 is 2.21 bits per heavy atom. The van der Waals surface area contributed by atoms with Crippen molar-refractivity contribution in [3.8, 4) is 0 Å². The van der Waals surface area contributed by atoms with Crippen LogP contribution in [0.3, 0.4) is 0 Å². The Balaban J connectivity index is 2.31. The van der Waals surface area contributed by atoms with Crippen LogP contribution < -0.4 is 0 Å². The number of carbonyl (C=O) groups excluding carboxylic acids is 1. The molecule has 0 amide bonds. The summed E-state index contributed by atoms with van der Waals surface area (Å²) >= 11 is 0. The lowest BCUT2D eigenvalue weighted by Crippen LogP contribution is -2.07. The second kappa shape index (κ2) is 2.90. The van der Waals surface area contributed by atoms with Crippen molar-refractivity contribution in [2.75, 3.05) is 0 Å². The molecule has 0 spiro atoms. The SMILES string of the molecule is O=CC1(c2ccc([N+](=O)[O-])cc2)CC1. The third-order valence-electron chi connectivity index (χ3n) is 2.67. The van der Waals surface area contributed by atoms with Crippen molar-refractivity contribution in [2.45, 2.75) is 18.3 Å². The molecule has 0 aromatic heterocycles. The van der Waals surface area contributed by atoms with Gasteiger partial charge in [-0.2, -0.15) is 0 Å². The molecule has 0 saturated heterocycles. The first kappa shape index (κ1) is 8.87. The maximum atomic E-state index is 10.8. The molecular formula is C10H9NO3. The van der Waals surface area contributed by atoms with Crippen LogP contribution in [0.15, 0.2) is 24.3 Å². The summed E-state index contributed by atoms with van der Waals surface area (Å²) in [6.07, 6.45) is 2.65. The Hall–Kier alpha value is -1.71. The monoisotopic (exact) mass is 191 g/mol. The van der Waals surface area contributed by atoms with Gasteiger partial charge in [-0.15, -0.1) is 0 Å². The van der Waals surface area contributed by atoms with Crippen molar-refractivity contribution < 1.29 is 9.72 Å². The number of nitrogens with zero attached hydrogens (tertiary/aromatic N) is 1. The minimum absolute atomic E-state index is 0.0652. The summed E-state index contributed by atoms with van der Waals surface area (Å²) in [6, 6.07) is 6.22. The smallest absolute Gasteiger partial charge is 0.269 e. The fourth-order valence-electron chi connectivity index (χ4n) is 1.52. The van der Waals surface area contributed by atoms with Crippen LogP contribution >= 0.6 is 0 Å². The molecule has 0 unspecified atom stereocenters. The molecule has 72 valence electrons. The Morgan fingerprint density at radius 1 is 1.29 bits per heavy atom. The number of non-ortho nitro benzene ring substituents is 1. The zero-order valence-electron chi connectivity index (χ0n) is 7.47. The van der Waals surface area contributed by atoms with Crippen molar-refractivity contribution in [3.05, 3.63) is 39.9 Å². The minimum atomic E-state index is -0.440. The number of nitro benzene ring substituents is 1. The number of carbonyl (C=O) groups is 1. The van der Waals surface area contributed by atoms with Crippen molar-refractivity contribution in [3.63, 3.8) is 0 Å². The van der Waals surface area contributed by atoms with Gasteiger partial charge in [0.1, 0.15) is 6.29 Å². The first-order valence-electron chi connectivity index (χ1n) is 4.39. The lowest BCUT2D eigenvalue weighted by atomic mass is 9.98. The van der Waals surface area contributed by atoms with Crippen LogP contribution in [0.2, 0.25) is 0 Å². The lowest BCUT2D eigenvalue weighted by molar-refractivity contribution is -0.384. The van der Waals surface area contributed by atoms with E-state index < -0.39 is 4.92 Å². The molecule has 1 aliphatic carbocycles. The Morgan fingerprint density at radius 2 is 1.86 bits per heavy atom. The first-order valence-corrected chi connectivity index (χ1v) is 4.39. The maximum Gasteiger partial charge on any atom is 0.269 e. The summed E-state index contributed by atoms with van der Waals surface area (Å²) in [5, 5.41) is 10.4. The van der Waals surface area contributed by atoms with Gasteiger partial charge in [0.2, 0.25) is 0 Å². The molecule has 4 nitrogen and oxygen atoms in total. The summed E-state index contributed by atoms with van der Waals surface area (Å²) in [6.45, 7) is 0. The molecule has 14 heavy (non-hydrogen) atoms. The van der Waals surface area contributed by atoms with Gasteiger partial charge >= 0.3 is 0 Å². The van der Waals surface area contributed by atoms with Gasteiger partial charge in [0.25, 0.3) is 5.69 Å². The highest BCUT2D eigenvalue weighted by atomic mass is 16.6. The number of hydrogen-bond acceptors (Lipinski definition) is 3. The van der Waals surface area contributed by atoms with E-state index in [0.29, 0.717) is 0 Å². The van der Waals surface area contributed by atoms with Gasteiger partial charge in [-0.3, -0.25) is 10.1 Å². The largest absolute Gasteiger partial charge is 0.302 e. The summed E-state index contributed by atoms with van der Waals surface area (Å²) in [5.41, 5.74) is 0.614. The van der Waals surface area contributed by atoms with Crippen molar-refractivity contribution >= 4 is 12.0 Å². The average Bonchev–Trinajstić information content (AvgIpc) is 2.99. The second-order valence-corrected chi connectivity index (χ2v) is 3.58. The normalized spacial score (nSPS) is 17.4. The molecule has 1 aromatic rings. The third-order valence-corrected chi connectivity index (χ3v) is 2.67. The first-order chi connectivity index (χ1) is 6.68. The lowest BCUT2D eigenvalue weighted by Gasteiger charge is -2.05. The molecule has 0 radical (unpaired) electrons. The van der Waals surface area contributed by atoms with Gasteiger partial charge in [0.15, 0.2) is 0 Å². The van der Waals surface area contributed by atoms with Gasteiger partial charge in [0, 0.05) is 12.1 Å². The van der Waals surface area contributed by atoms with E-state index in [1.54, 1.807) is 12.1 Å². The molecule has 1 saturated carbocycles. The maximum absolute atomic E-state index is 10.8. The Bertz CT molecular complexity index is 379.